The number of nitrogens with zero attached hydrogens (tertiary/aromatic N) is 4. The first kappa shape index (κ1) is 17.7. The van der Waals surface area contributed by atoms with Crippen molar-refractivity contribution >= 4 is 5.96 Å². The molecule has 0 unspecified atom stereocenters. The van der Waals surface area contributed by atoms with E-state index in [1.54, 1.807) is 19.6 Å². The Morgan fingerprint density at radius 3 is 2.65 bits per heavy atom. The normalized spacial score (nSPS) is 11.3. The number of pyridine rings is 1. The Morgan fingerprint density at radius 1 is 1.08 bits per heavy atom. The molecule has 134 valence electrons. The SMILES string of the molecule is CN=C(NCCCc1ccccc1)NCc1ccc(-n2ccnc2)nc1. The number of guanidine groups is 1. The van der Waals surface area contributed by atoms with Crippen LogP contribution in [0.2, 0.25) is 0 Å². The zero-order chi connectivity index (χ0) is 18.0. The second kappa shape index (κ2) is 9.36. The summed E-state index contributed by atoms with van der Waals surface area (Å²) in [5, 5.41) is 6.67. The van der Waals surface area contributed by atoms with Gasteiger partial charge in [0.05, 0.1) is 0 Å². The molecule has 0 amide bonds. The van der Waals surface area contributed by atoms with Gasteiger partial charge in [-0.15, -0.1) is 0 Å². The summed E-state index contributed by atoms with van der Waals surface area (Å²) in [7, 11) is 1.78. The molecule has 2 heterocycles. The number of aryl methyl sites for hydroxylation is 1. The molecule has 1 aromatic carbocycles. The van der Waals surface area contributed by atoms with Crippen LogP contribution in [0.5, 0.6) is 0 Å². The quantitative estimate of drug-likeness (QED) is 0.391. The number of imidazole rings is 1. The van der Waals surface area contributed by atoms with Gasteiger partial charge in [-0.3, -0.25) is 9.56 Å². The lowest BCUT2D eigenvalue weighted by atomic mass is 10.1. The largest absolute Gasteiger partial charge is 0.356 e. The van der Waals surface area contributed by atoms with Gasteiger partial charge in [0.15, 0.2) is 5.96 Å². The molecule has 0 aliphatic heterocycles. The maximum atomic E-state index is 4.46. The van der Waals surface area contributed by atoms with Crippen molar-refractivity contribution < 1.29 is 0 Å². The molecule has 3 rings (SSSR count). The lowest BCUT2D eigenvalue weighted by Crippen LogP contribution is -2.37. The molecule has 3 aromatic rings. The molecule has 0 saturated heterocycles. The van der Waals surface area contributed by atoms with Crippen LogP contribution >= 0.6 is 0 Å². The minimum atomic E-state index is 0.676. The molecule has 2 aromatic heterocycles. The lowest BCUT2D eigenvalue weighted by Gasteiger charge is -2.12. The fourth-order valence-electron chi connectivity index (χ4n) is 2.62. The van der Waals surface area contributed by atoms with Gasteiger partial charge in [-0.05, 0) is 30.0 Å². The van der Waals surface area contributed by atoms with E-state index < -0.39 is 0 Å². The number of nitrogens with one attached hydrogen (secondary N) is 2. The number of rotatable bonds is 7. The highest BCUT2D eigenvalue weighted by atomic mass is 15.2. The zero-order valence-electron chi connectivity index (χ0n) is 15.0. The molecule has 6 heteroatoms. The van der Waals surface area contributed by atoms with Crippen molar-refractivity contribution in [2.45, 2.75) is 19.4 Å². The van der Waals surface area contributed by atoms with Crippen molar-refractivity contribution in [3.8, 4) is 5.82 Å². The van der Waals surface area contributed by atoms with Crippen LogP contribution in [0, 0.1) is 0 Å². The minimum Gasteiger partial charge on any atom is -0.356 e. The Kier molecular flexibility index (Phi) is 6.36. The maximum Gasteiger partial charge on any atom is 0.191 e. The van der Waals surface area contributed by atoms with Gasteiger partial charge >= 0.3 is 0 Å². The molecule has 0 spiro atoms. The molecule has 0 atom stereocenters. The van der Waals surface area contributed by atoms with E-state index in [2.05, 4.69) is 55.9 Å². The molecule has 6 nitrogen and oxygen atoms in total. The van der Waals surface area contributed by atoms with Crippen LogP contribution in [0.15, 0.2) is 72.4 Å². The predicted octanol–water partition coefficient (Wildman–Crippen LogP) is 2.57. The van der Waals surface area contributed by atoms with Crippen LogP contribution in [-0.2, 0) is 13.0 Å². The second-order valence-corrected chi connectivity index (χ2v) is 5.94. The number of aliphatic imine (C=N–C) groups is 1. The molecule has 0 fully saturated rings. The minimum absolute atomic E-state index is 0.676. The Morgan fingerprint density at radius 2 is 1.96 bits per heavy atom. The summed E-state index contributed by atoms with van der Waals surface area (Å²) in [5.41, 5.74) is 2.46. The van der Waals surface area contributed by atoms with Crippen LogP contribution < -0.4 is 10.6 Å². The molecule has 0 saturated carbocycles. The van der Waals surface area contributed by atoms with Gasteiger partial charge in [-0.1, -0.05) is 36.4 Å². The molecule has 0 bridgehead atoms. The van der Waals surface area contributed by atoms with E-state index in [1.165, 1.54) is 5.56 Å². The van der Waals surface area contributed by atoms with E-state index >= 15 is 0 Å². The van der Waals surface area contributed by atoms with Crippen molar-refractivity contribution in [1.29, 1.82) is 0 Å². The average Bonchev–Trinajstić information content (AvgIpc) is 3.23. The number of benzene rings is 1. The van der Waals surface area contributed by atoms with Gasteiger partial charge in [0.1, 0.15) is 12.1 Å². The predicted molar refractivity (Wildman–Crippen MR) is 104 cm³/mol. The highest BCUT2D eigenvalue weighted by Gasteiger charge is 2.01. The topological polar surface area (TPSA) is 67.1 Å². The molecular formula is C20H24N6. The standard InChI is InChI=1S/C20H24N6/c1-21-20(23-11-5-8-17-6-3-2-4-7-17)25-15-18-9-10-19(24-14-18)26-13-12-22-16-26/h2-4,6-7,9-10,12-14,16H,5,8,11,15H2,1H3,(H2,21,23,25). The fourth-order valence-corrected chi connectivity index (χ4v) is 2.62. The average molecular weight is 348 g/mol. The van der Waals surface area contributed by atoms with Crippen LogP contribution in [0.3, 0.4) is 0 Å². The van der Waals surface area contributed by atoms with Crippen LogP contribution in [-0.4, -0.2) is 34.1 Å². The van der Waals surface area contributed by atoms with Crippen LogP contribution in [0.25, 0.3) is 5.82 Å². The Hall–Kier alpha value is -3.15. The van der Waals surface area contributed by atoms with Crippen molar-refractivity contribution in [3.05, 3.63) is 78.5 Å². The molecule has 26 heavy (non-hydrogen) atoms. The Bertz CT molecular complexity index is 794. The van der Waals surface area contributed by atoms with Gasteiger partial charge in [0.2, 0.25) is 0 Å². The second-order valence-electron chi connectivity index (χ2n) is 5.94. The van der Waals surface area contributed by atoms with Crippen molar-refractivity contribution in [1.82, 2.24) is 25.2 Å². The third-order valence-corrected chi connectivity index (χ3v) is 4.04. The summed E-state index contributed by atoms with van der Waals surface area (Å²) in [6.45, 7) is 1.56. The van der Waals surface area contributed by atoms with Gasteiger partial charge in [0.25, 0.3) is 0 Å². The summed E-state index contributed by atoms with van der Waals surface area (Å²) < 4.78 is 1.88. The number of hydrogen-bond acceptors (Lipinski definition) is 3. The molecule has 0 aliphatic rings. The zero-order valence-corrected chi connectivity index (χ0v) is 15.0. The van der Waals surface area contributed by atoms with Crippen molar-refractivity contribution in [3.63, 3.8) is 0 Å². The Labute approximate surface area is 154 Å². The van der Waals surface area contributed by atoms with Gasteiger partial charge in [0, 0.05) is 38.7 Å². The summed E-state index contributed by atoms with van der Waals surface area (Å²) in [6.07, 6.45) is 9.34. The third kappa shape index (κ3) is 5.17. The van der Waals surface area contributed by atoms with Gasteiger partial charge < -0.3 is 10.6 Å². The van der Waals surface area contributed by atoms with Crippen LogP contribution in [0.4, 0.5) is 0 Å². The van der Waals surface area contributed by atoms with Crippen molar-refractivity contribution in [2.24, 2.45) is 4.99 Å². The summed E-state index contributed by atoms with van der Waals surface area (Å²) in [5.74, 6) is 1.66. The lowest BCUT2D eigenvalue weighted by molar-refractivity contribution is 0.741. The first-order valence-corrected chi connectivity index (χ1v) is 8.77. The van der Waals surface area contributed by atoms with Crippen LogP contribution in [0.1, 0.15) is 17.5 Å². The molecule has 2 N–H and O–H groups in total. The first-order chi connectivity index (χ1) is 12.8. The molecule has 0 radical (unpaired) electrons. The first-order valence-electron chi connectivity index (χ1n) is 8.77. The van der Waals surface area contributed by atoms with E-state index in [4.69, 9.17) is 0 Å². The number of aromatic nitrogens is 3. The van der Waals surface area contributed by atoms with E-state index in [9.17, 15) is 0 Å². The summed E-state index contributed by atoms with van der Waals surface area (Å²) >= 11 is 0. The fraction of sp³-hybridized carbons (Fsp3) is 0.250. The maximum absolute atomic E-state index is 4.46. The molecular weight excluding hydrogens is 324 g/mol. The van der Waals surface area contributed by atoms with E-state index in [0.717, 1.165) is 36.7 Å². The smallest absolute Gasteiger partial charge is 0.191 e. The van der Waals surface area contributed by atoms with E-state index in [1.807, 2.05) is 29.1 Å². The summed E-state index contributed by atoms with van der Waals surface area (Å²) in [6, 6.07) is 14.6. The van der Waals surface area contributed by atoms with E-state index in [-0.39, 0.29) is 0 Å². The molecule has 0 aliphatic carbocycles. The van der Waals surface area contributed by atoms with Crippen molar-refractivity contribution in [2.75, 3.05) is 13.6 Å². The highest BCUT2D eigenvalue weighted by Crippen LogP contribution is 2.05. The van der Waals surface area contributed by atoms with E-state index in [0.29, 0.717) is 6.54 Å². The summed E-state index contributed by atoms with van der Waals surface area (Å²) in [4.78, 5) is 12.8. The third-order valence-electron chi connectivity index (χ3n) is 4.04. The Balaban J connectivity index is 1.41. The highest BCUT2D eigenvalue weighted by molar-refractivity contribution is 5.79. The van der Waals surface area contributed by atoms with Gasteiger partial charge in [-0.25, -0.2) is 9.97 Å². The van der Waals surface area contributed by atoms with Gasteiger partial charge in [-0.2, -0.15) is 0 Å². The monoisotopic (exact) mass is 348 g/mol. The number of hydrogen-bond donors (Lipinski definition) is 2.